The molecule has 3 heterocycles. The first-order valence-electron chi connectivity index (χ1n) is 9.42. The van der Waals surface area contributed by atoms with Crippen LogP contribution in [0.5, 0.6) is 0 Å². The number of nitrogens with zero attached hydrogens (tertiary/aromatic N) is 4. The molecule has 1 saturated carbocycles. The second-order valence-corrected chi connectivity index (χ2v) is 8.00. The van der Waals surface area contributed by atoms with Crippen LogP contribution in [0.3, 0.4) is 0 Å². The topological polar surface area (TPSA) is 69.6 Å². The van der Waals surface area contributed by atoms with E-state index in [2.05, 4.69) is 9.97 Å². The summed E-state index contributed by atoms with van der Waals surface area (Å²) in [4.78, 5) is 23.0. The van der Waals surface area contributed by atoms with Gasteiger partial charge in [-0.25, -0.2) is 4.98 Å². The lowest BCUT2D eigenvalue weighted by molar-refractivity contribution is -0.141. The number of alkyl halides is 3. The summed E-state index contributed by atoms with van der Waals surface area (Å²) in [5.74, 6) is 0.125. The molecule has 3 aliphatic rings. The van der Waals surface area contributed by atoms with Crippen molar-refractivity contribution in [3.8, 4) is 0 Å². The van der Waals surface area contributed by atoms with E-state index in [-0.39, 0.29) is 36.2 Å². The predicted molar refractivity (Wildman–Crippen MR) is 92.6 cm³/mol. The molecule has 1 N–H and O–H groups in total. The normalized spacial score (nSPS) is 30.4. The van der Waals surface area contributed by atoms with Crippen LogP contribution in [0.4, 0.5) is 24.9 Å². The van der Waals surface area contributed by atoms with Gasteiger partial charge < -0.3 is 14.9 Å². The highest BCUT2D eigenvalue weighted by Gasteiger charge is 2.44. The van der Waals surface area contributed by atoms with Gasteiger partial charge in [0, 0.05) is 38.2 Å². The number of anilines is 2. The summed E-state index contributed by atoms with van der Waals surface area (Å²) < 4.78 is 40.1. The molecule has 0 radical (unpaired) electrons. The van der Waals surface area contributed by atoms with E-state index < -0.39 is 17.8 Å². The number of fused-ring (bicyclic) bond motifs is 2. The number of halogens is 3. The van der Waals surface area contributed by atoms with Gasteiger partial charge in [0.2, 0.25) is 5.95 Å². The number of aromatic nitrogens is 2. The van der Waals surface area contributed by atoms with E-state index in [1.165, 1.54) is 0 Å². The van der Waals surface area contributed by atoms with Crippen molar-refractivity contribution in [2.45, 2.75) is 44.8 Å². The van der Waals surface area contributed by atoms with Crippen LogP contribution in [-0.2, 0) is 11.0 Å². The summed E-state index contributed by atoms with van der Waals surface area (Å²) in [5.41, 5.74) is -0.915. The molecule has 6 nitrogen and oxygen atoms in total. The SMILES string of the molecule is C[C@H]1CCN1c1nc(N2C[C@H]3CC[C@@H](C2)[C@@H]3CC(=O)O)cc(C(F)(F)F)n1. The van der Waals surface area contributed by atoms with Gasteiger partial charge in [0.05, 0.1) is 0 Å². The van der Waals surface area contributed by atoms with Gasteiger partial charge in [-0.05, 0) is 43.9 Å². The number of carbonyl (C=O) groups is 1. The summed E-state index contributed by atoms with van der Waals surface area (Å²) >= 11 is 0. The van der Waals surface area contributed by atoms with Crippen LogP contribution in [0.15, 0.2) is 6.07 Å². The molecular weight excluding hydrogens is 361 g/mol. The Kier molecular flexibility index (Phi) is 4.43. The van der Waals surface area contributed by atoms with Gasteiger partial charge in [-0.3, -0.25) is 4.79 Å². The number of rotatable bonds is 4. The number of piperidine rings is 1. The lowest BCUT2D eigenvalue weighted by Gasteiger charge is -2.41. The van der Waals surface area contributed by atoms with Gasteiger partial charge >= 0.3 is 12.1 Å². The third kappa shape index (κ3) is 3.43. The maximum Gasteiger partial charge on any atom is 0.433 e. The maximum atomic E-state index is 13.4. The number of carboxylic acids is 1. The van der Waals surface area contributed by atoms with Crippen LogP contribution in [-0.4, -0.2) is 46.7 Å². The molecule has 9 heteroatoms. The third-order valence-electron chi connectivity index (χ3n) is 6.33. The van der Waals surface area contributed by atoms with Crippen LogP contribution in [0, 0.1) is 17.8 Å². The van der Waals surface area contributed by atoms with Crippen molar-refractivity contribution in [1.29, 1.82) is 0 Å². The molecule has 0 aromatic carbocycles. The Labute approximate surface area is 155 Å². The minimum atomic E-state index is -4.53. The van der Waals surface area contributed by atoms with Crippen LogP contribution in [0.25, 0.3) is 0 Å². The second-order valence-electron chi connectivity index (χ2n) is 8.00. The molecule has 4 rings (SSSR count). The Morgan fingerprint density at radius 1 is 1.22 bits per heavy atom. The van der Waals surface area contributed by atoms with Crippen molar-refractivity contribution in [1.82, 2.24) is 9.97 Å². The fourth-order valence-electron chi connectivity index (χ4n) is 4.73. The molecule has 4 atom stereocenters. The van der Waals surface area contributed by atoms with E-state index >= 15 is 0 Å². The zero-order valence-corrected chi connectivity index (χ0v) is 15.1. The molecule has 2 aliphatic heterocycles. The molecule has 27 heavy (non-hydrogen) atoms. The number of aliphatic carboxylic acids is 1. The maximum absolute atomic E-state index is 13.4. The minimum Gasteiger partial charge on any atom is -0.481 e. The molecule has 1 aliphatic carbocycles. The van der Waals surface area contributed by atoms with Crippen molar-refractivity contribution in [2.75, 3.05) is 29.4 Å². The predicted octanol–water partition coefficient (Wildman–Crippen LogP) is 3.03. The number of hydrogen-bond donors (Lipinski definition) is 1. The molecule has 2 saturated heterocycles. The summed E-state index contributed by atoms with van der Waals surface area (Å²) in [6.07, 6.45) is -1.63. The highest BCUT2D eigenvalue weighted by molar-refractivity contribution is 5.67. The summed E-state index contributed by atoms with van der Waals surface area (Å²) in [5, 5.41) is 9.13. The van der Waals surface area contributed by atoms with Gasteiger partial charge in [-0.1, -0.05) is 0 Å². The average molecular weight is 384 g/mol. The molecule has 2 bridgehead atoms. The summed E-state index contributed by atoms with van der Waals surface area (Å²) in [6, 6.07) is 1.17. The second kappa shape index (κ2) is 6.53. The van der Waals surface area contributed by atoms with E-state index in [9.17, 15) is 18.0 Å². The van der Waals surface area contributed by atoms with Crippen molar-refractivity contribution in [3.63, 3.8) is 0 Å². The van der Waals surface area contributed by atoms with Gasteiger partial charge in [0.1, 0.15) is 5.82 Å². The third-order valence-corrected chi connectivity index (χ3v) is 6.33. The Bertz CT molecular complexity index is 728. The number of hydrogen-bond acceptors (Lipinski definition) is 5. The largest absolute Gasteiger partial charge is 0.481 e. The average Bonchev–Trinajstić information content (AvgIpc) is 2.80. The smallest absolute Gasteiger partial charge is 0.433 e. The van der Waals surface area contributed by atoms with Gasteiger partial charge in [-0.2, -0.15) is 18.2 Å². The quantitative estimate of drug-likeness (QED) is 0.861. The van der Waals surface area contributed by atoms with Crippen LogP contribution in [0.2, 0.25) is 0 Å². The molecule has 1 aromatic rings. The molecule has 0 spiro atoms. The van der Waals surface area contributed by atoms with Crippen molar-refractivity contribution in [2.24, 2.45) is 17.8 Å². The van der Waals surface area contributed by atoms with Crippen LogP contribution >= 0.6 is 0 Å². The van der Waals surface area contributed by atoms with Crippen LogP contribution < -0.4 is 9.80 Å². The van der Waals surface area contributed by atoms with Gasteiger partial charge in [-0.15, -0.1) is 0 Å². The molecule has 1 aromatic heterocycles. The Morgan fingerprint density at radius 3 is 2.37 bits per heavy atom. The van der Waals surface area contributed by atoms with E-state index in [0.717, 1.165) is 25.3 Å². The molecule has 0 amide bonds. The first kappa shape index (κ1) is 18.3. The molecule has 148 valence electrons. The van der Waals surface area contributed by atoms with Gasteiger partial charge in [0.15, 0.2) is 5.69 Å². The first-order valence-corrected chi connectivity index (χ1v) is 9.42. The highest BCUT2D eigenvalue weighted by atomic mass is 19.4. The first-order chi connectivity index (χ1) is 12.7. The molecule has 0 unspecified atom stereocenters. The summed E-state index contributed by atoms with van der Waals surface area (Å²) in [7, 11) is 0. The van der Waals surface area contributed by atoms with Gasteiger partial charge in [0.25, 0.3) is 0 Å². The summed E-state index contributed by atoms with van der Waals surface area (Å²) in [6.45, 7) is 3.72. The lowest BCUT2D eigenvalue weighted by atomic mass is 9.83. The highest BCUT2D eigenvalue weighted by Crippen LogP contribution is 2.45. The van der Waals surface area contributed by atoms with E-state index in [1.807, 2.05) is 11.8 Å². The zero-order chi connectivity index (χ0) is 19.3. The monoisotopic (exact) mass is 384 g/mol. The Balaban J connectivity index is 1.62. The Hall–Kier alpha value is -2.06. The van der Waals surface area contributed by atoms with E-state index in [0.29, 0.717) is 25.5 Å². The standard InChI is InChI=1S/C18H23F3N4O2/c1-10-4-5-25(10)17-22-14(18(19,20)21)7-15(23-17)24-8-11-2-3-12(9-24)13(11)6-16(26)27/h7,10-13H,2-6,8-9H2,1H3,(H,26,27)/t10-,11-,12+,13-/m0/s1. The van der Waals surface area contributed by atoms with E-state index in [4.69, 9.17) is 5.11 Å². The minimum absolute atomic E-state index is 0.109. The van der Waals surface area contributed by atoms with Crippen molar-refractivity contribution >= 4 is 17.7 Å². The molecule has 3 fully saturated rings. The van der Waals surface area contributed by atoms with Crippen molar-refractivity contribution in [3.05, 3.63) is 11.8 Å². The zero-order valence-electron chi connectivity index (χ0n) is 15.1. The fourth-order valence-corrected chi connectivity index (χ4v) is 4.73. The number of carboxylic acid groups (broad SMARTS) is 1. The van der Waals surface area contributed by atoms with Crippen molar-refractivity contribution < 1.29 is 23.1 Å². The Morgan fingerprint density at radius 2 is 1.89 bits per heavy atom. The molecular formula is C18H23F3N4O2. The lowest BCUT2D eigenvalue weighted by Crippen LogP contribution is -2.47. The van der Waals surface area contributed by atoms with Crippen LogP contribution in [0.1, 0.15) is 38.3 Å². The fraction of sp³-hybridized carbons (Fsp3) is 0.722. The van der Waals surface area contributed by atoms with E-state index in [1.54, 1.807) is 4.90 Å².